The van der Waals surface area contributed by atoms with Crippen molar-refractivity contribution in [1.82, 2.24) is 9.88 Å². The molecule has 3 aromatic rings. The van der Waals surface area contributed by atoms with Gasteiger partial charge in [0.05, 0.1) is 25.9 Å². The number of pyridine rings is 1. The van der Waals surface area contributed by atoms with Crippen LogP contribution in [0.5, 0.6) is 0 Å². The molecule has 0 saturated heterocycles. The molecule has 1 heterocycles. The number of alkyl carbamates (subject to hydrolysis) is 1. The predicted molar refractivity (Wildman–Crippen MR) is 178 cm³/mol. The van der Waals surface area contributed by atoms with Gasteiger partial charge in [0.1, 0.15) is 11.2 Å². The van der Waals surface area contributed by atoms with Crippen molar-refractivity contribution in [1.29, 1.82) is 0 Å². The van der Waals surface area contributed by atoms with Crippen molar-refractivity contribution in [3.8, 4) is 0 Å². The molecule has 0 aliphatic heterocycles. The van der Waals surface area contributed by atoms with Gasteiger partial charge in [0.2, 0.25) is 0 Å². The monoisotopic (exact) mass is 609 g/mol. The topological polar surface area (TPSA) is 108 Å². The quantitative estimate of drug-likeness (QED) is 0.257. The van der Waals surface area contributed by atoms with E-state index in [1.165, 1.54) is 11.1 Å². The van der Waals surface area contributed by atoms with Crippen molar-refractivity contribution in [2.45, 2.75) is 73.0 Å². The number of aromatic nitrogens is 1. The zero-order valence-electron chi connectivity index (χ0n) is 27.6. The zero-order chi connectivity index (χ0) is 33.0. The van der Waals surface area contributed by atoms with Crippen molar-refractivity contribution in [2.24, 2.45) is 0 Å². The standard InChI is InChI=1S/C21H18N2O2.C10H21NO4.2C2H6/c24-20(22-16-8-2-1-3-9-16)18-11-6-14-23(21(18)25)19-13-12-15-7-4-5-10-17(15)19;1-10(2,3)15-9(12)11-5-6-14-8-7-13-4;2*1-2/h1-11,14,19H,12-13H2,(H,22,24);5-8H2,1-4H3,(H,11,12);2*1-2H3. The van der Waals surface area contributed by atoms with E-state index in [0.717, 1.165) is 12.8 Å². The summed E-state index contributed by atoms with van der Waals surface area (Å²) in [7, 11) is 1.61. The molecule has 9 heteroatoms. The highest BCUT2D eigenvalue weighted by molar-refractivity contribution is 6.03. The molecule has 0 spiro atoms. The minimum Gasteiger partial charge on any atom is -0.444 e. The van der Waals surface area contributed by atoms with E-state index in [0.29, 0.717) is 32.1 Å². The maximum atomic E-state index is 12.9. The van der Waals surface area contributed by atoms with E-state index in [1.54, 1.807) is 42.1 Å². The predicted octanol–water partition coefficient (Wildman–Crippen LogP) is 6.86. The van der Waals surface area contributed by atoms with Gasteiger partial charge in [0.15, 0.2) is 0 Å². The van der Waals surface area contributed by atoms with E-state index in [9.17, 15) is 14.4 Å². The SMILES string of the molecule is CC.CC.COCCOCCNC(=O)OC(C)(C)C.O=C(Nc1ccccc1)c1cccn(C2CCc3ccccc32)c1=O. The fourth-order valence-corrected chi connectivity index (χ4v) is 4.26. The maximum Gasteiger partial charge on any atom is 0.407 e. The first-order valence-corrected chi connectivity index (χ1v) is 15.4. The van der Waals surface area contributed by atoms with Gasteiger partial charge in [-0.15, -0.1) is 0 Å². The maximum absolute atomic E-state index is 12.9. The van der Waals surface area contributed by atoms with Crippen LogP contribution in [-0.2, 0) is 20.6 Å². The molecule has 1 atom stereocenters. The number of benzene rings is 2. The van der Waals surface area contributed by atoms with Crippen molar-refractivity contribution >= 4 is 17.7 Å². The molecule has 1 aromatic heterocycles. The largest absolute Gasteiger partial charge is 0.444 e. The Bertz CT molecular complexity index is 1300. The van der Waals surface area contributed by atoms with Gasteiger partial charge in [-0.25, -0.2) is 4.79 Å². The average Bonchev–Trinajstić information content (AvgIpc) is 3.45. The van der Waals surface area contributed by atoms with Gasteiger partial charge in [-0.05, 0) is 69.0 Å². The number of amides is 2. The molecular weight excluding hydrogens is 558 g/mol. The van der Waals surface area contributed by atoms with Crippen LogP contribution < -0.4 is 16.2 Å². The Morgan fingerprint density at radius 2 is 1.55 bits per heavy atom. The molecule has 2 amide bonds. The van der Waals surface area contributed by atoms with Gasteiger partial charge >= 0.3 is 6.09 Å². The lowest BCUT2D eigenvalue weighted by atomic mass is 10.1. The summed E-state index contributed by atoms with van der Waals surface area (Å²) in [6, 6.07) is 20.7. The lowest BCUT2D eigenvalue weighted by molar-refractivity contribution is 0.0463. The van der Waals surface area contributed by atoms with Crippen LogP contribution in [0.1, 0.15) is 82.4 Å². The lowest BCUT2D eigenvalue weighted by Gasteiger charge is -2.19. The number of para-hydroxylation sites is 1. The Morgan fingerprint density at radius 1 is 0.886 bits per heavy atom. The van der Waals surface area contributed by atoms with Gasteiger partial charge in [-0.3, -0.25) is 9.59 Å². The Balaban J connectivity index is 0.000000441. The molecule has 1 aliphatic rings. The number of carbonyl (C=O) groups is 2. The van der Waals surface area contributed by atoms with Gasteiger partial charge in [0.25, 0.3) is 11.5 Å². The minimum atomic E-state index is -0.457. The number of fused-ring (bicyclic) bond motifs is 1. The third-order valence-corrected chi connectivity index (χ3v) is 6.03. The third kappa shape index (κ3) is 13.1. The molecule has 4 rings (SSSR count). The normalized spacial score (nSPS) is 13.0. The Kier molecular flexibility index (Phi) is 18.1. The van der Waals surface area contributed by atoms with Crippen LogP contribution in [0, 0.1) is 0 Å². The highest BCUT2D eigenvalue weighted by atomic mass is 16.6. The Hall–Kier alpha value is -3.95. The number of methoxy groups -OCH3 is 1. The first-order valence-electron chi connectivity index (χ1n) is 15.4. The van der Waals surface area contributed by atoms with Crippen LogP contribution in [0.4, 0.5) is 10.5 Å². The summed E-state index contributed by atoms with van der Waals surface area (Å²) in [4.78, 5) is 36.6. The number of rotatable bonds is 9. The second-order valence-corrected chi connectivity index (χ2v) is 10.2. The molecule has 242 valence electrons. The molecule has 0 saturated carbocycles. The summed E-state index contributed by atoms with van der Waals surface area (Å²) in [6.45, 7) is 15.5. The minimum absolute atomic E-state index is 0.00632. The van der Waals surface area contributed by atoms with E-state index in [-0.39, 0.29) is 23.1 Å². The third-order valence-electron chi connectivity index (χ3n) is 6.03. The van der Waals surface area contributed by atoms with Crippen molar-refractivity contribution in [3.63, 3.8) is 0 Å². The smallest absolute Gasteiger partial charge is 0.407 e. The summed E-state index contributed by atoms with van der Waals surface area (Å²) in [5.41, 5.74) is 2.58. The molecule has 2 N–H and O–H groups in total. The molecule has 0 bridgehead atoms. The number of hydrogen-bond acceptors (Lipinski definition) is 6. The molecule has 0 radical (unpaired) electrons. The first kappa shape index (κ1) is 38.1. The molecular formula is C35H51N3O6. The number of nitrogens with one attached hydrogen (secondary N) is 2. The number of hydrogen-bond donors (Lipinski definition) is 2. The molecule has 9 nitrogen and oxygen atoms in total. The van der Waals surface area contributed by atoms with E-state index in [2.05, 4.69) is 22.8 Å². The number of anilines is 1. The summed E-state index contributed by atoms with van der Waals surface area (Å²) >= 11 is 0. The van der Waals surface area contributed by atoms with Crippen molar-refractivity contribution in [2.75, 3.05) is 38.8 Å². The summed E-state index contributed by atoms with van der Waals surface area (Å²) in [5.74, 6) is -0.378. The van der Waals surface area contributed by atoms with E-state index in [4.69, 9.17) is 14.2 Å². The van der Waals surface area contributed by atoms with Crippen molar-refractivity contribution < 1.29 is 23.8 Å². The molecule has 0 fully saturated rings. The second-order valence-electron chi connectivity index (χ2n) is 10.2. The lowest BCUT2D eigenvalue weighted by Crippen LogP contribution is -2.34. The van der Waals surface area contributed by atoms with Crippen LogP contribution in [-0.4, -0.2) is 55.6 Å². The highest BCUT2D eigenvalue weighted by Crippen LogP contribution is 2.33. The summed E-state index contributed by atoms with van der Waals surface area (Å²) in [6.07, 6.45) is 3.18. The number of ether oxygens (including phenoxy) is 3. The van der Waals surface area contributed by atoms with E-state index >= 15 is 0 Å². The van der Waals surface area contributed by atoms with Gasteiger partial charge < -0.3 is 29.4 Å². The van der Waals surface area contributed by atoms with Crippen LogP contribution in [0.25, 0.3) is 0 Å². The average molecular weight is 610 g/mol. The fourth-order valence-electron chi connectivity index (χ4n) is 4.26. The summed E-state index contributed by atoms with van der Waals surface area (Å²) < 4.78 is 16.7. The van der Waals surface area contributed by atoms with Gasteiger partial charge in [-0.2, -0.15) is 0 Å². The fraction of sp³-hybridized carbons (Fsp3) is 0.457. The summed E-state index contributed by atoms with van der Waals surface area (Å²) in [5, 5.41) is 5.37. The molecule has 1 unspecified atom stereocenters. The molecule has 2 aromatic carbocycles. The zero-order valence-corrected chi connectivity index (χ0v) is 27.6. The second kappa shape index (κ2) is 20.9. The van der Waals surface area contributed by atoms with Crippen molar-refractivity contribution in [3.05, 3.63) is 100.0 Å². The van der Waals surface area contributed by atoms with Crippen LogP contribution >= 0.6 is 0 Å². The number of aryl methyl sites for hydroxylation is 1. The highest BCUT2D eigenvalue weighted by Gasteiger charge is 2.25. The Labute approximate surface area is 262 Å². The van der Waals surface area contributed by atoms with Crippen LogP contribution in [0.15, 0.2) is 77.7 Å². The van der Waals surface area contributed by atoms with Crippen LogP contribution in [0.3, 0.4) is 0 Å². The number of nitrogens with zero attached hydrogens (tertiary/aromatic N) is 1. The first-order chi connectivity index (χ1) is 21.2. The van der Waals surface area contributed by atoms with Crippen LogP contribution in [0.2, 0.25) is 0 Å². The molecule has 44 heavy (non-hydrogen) atoms. The number of carbonyl (C=O) groups excluding carboxylic acids is 2. The van der Waals surface area contributed by atoms with Gasteiger partial charge in [-0.1, -0.05) is 70.2 Å². The van der Waals surface area contributed by atoms with E-state index in [1.807, 2.05) is 78.8 Å². The Morgan fingerprint density at radius 3 is 2.20 bits per heavy atom. The molecule has 1 aliphatic carbocycles. The van der Waals surface area contributed by atoms with Gasteiger partial charge in [0, 0.05) is 25.5 Å². The van der Waals surface area contributed by atoms with E-state index < -0.39 is 11.7 Å².